The van der Waals surface area contributed by atoms with Crippen LogP contribution in [0.5, 0.6) is 0 Å². The first kappa shape index (κ1) is 21.2. The average Bonchev–Trinajstić information content (AvgIpc) is 3.12. The van der Waals surface area contributed by atoms with Crippen molar-refractivity contribution >= 4 is 34.0 Å². The lowest BCUT2D eigenvalue weighted by atomic mass is 9.72. The van der Waals surface area contributed by atoms with Gasteiger partial charge in [0.1, 0.15) is 0 Å². The van der Waals surface area contributed by atoms with Gasteiger partial charge >= 0.3 is 0 Å². The smallest absolute Gasteiger partial charge is 0.209 e. The van der Waals surface area contributed by atoms with Gasteiger partial charge in [-0.2, -0.15) is 0 Å². The summed E-state index contributed by atoms with van der Waals surface area (Å²) in [7, 11) is 2.15. The fourth-order valence-corrected chi connectivity index (χ4v) is 6.08. The van der Waals surface area contributed by atoms with E-state index in [1.54, 1.807) is 0 Å². The van der Waals surface area contributed by atoms with Gasteiger partial charge in [0.2, 0.25) is 5.95 Å². The van der Waals surface area contributed by atoms with Gasteiger partial charge in [0.25, 0.3) is 0 Å². The highest BCUT2D eigenvalue weighted by molar-refractivity contribution is 6.01. The minimum Gasteiger partial charge on any atom is -0.366 e. The van der Waals surface area contributed by atoms with Crippen molar-refractivity contribution in [1.82, 2.24) is 9.55 Å². The van der Waals surface area contributed by atoms with Gasteiger partial charge < -0.3 is 10.2 Å². The molecule has 1 aromatic heterocycles. The number of anilines is 2. The Balaban J connectivity index is 1.60. The SMILES string of the molecule is CC1=CC(C)(C)N(C)c2ccc([C@H]3C4=C(CC(C)(C)CC4=O)Nc4nc5ccccc5n43)cc21. The highest BCUT2D eigenvalue weighted by Crippen LogP contribution is 2.48. The van der Waals surface area contributed by atoms with Crippen molar-refractivity contribution in [2.75, 3.05) is 17.3 Å². The Hall–Kier alpha value is -3.34. The summed E-state index contributed by atoms with van der Waals surface area (Å²) in [4.78, 5) is 20.9. The summed E-state index contributed by atoms with van der Waals surface area (Å²) in [6, 6.07) is 14.7. The van der Waals surface area contributed by atoms with E-state index in [0.29, 0.717) is 6.42 Å². The molecule has 1 atom stereocenters. The van der Waals surface area contributed by atoms with E-state index in [0.717, 1.165) is 40.2 Å². The maximum absolute atomic E-state index is 13.6. The van der Waals surface area contributed by atoms with E-state index < -0.39 is 0 Å². The number of nitrogens with one attached hydrogen (secondary N) is 1. The van der Waals surface area contributed by atoms with Crippen molar-refractivity contribution in [1.29, 1.82) is 0 Å². The Morgan fingerprint density at radius 3 is 2.62 bits per heavy atom. The molecular weight excluding hydrogens is 420 g/mol. The molecular formula is C29H32N4O. The lowest BCUT2D eigenvalue weighted by Gasteiger charge is -2.42. The van der Waals surface area contributed by atoms with Crippen molar-refractivity contribution in [3.05, 3.63) is 70.9 Å². The third kappa shape index (κ3) is 2.99. The second kappa shape index (κ2) is 6.84. The van der Waals surface area contributed by atoms with Crippen LogP contribution in [0, 0.1) is 5.41 Å². The van der Waals surface area contributed by atoms with Crippen LogP contribution in [0.3, 0.4) is 0 Å². The first-order valence-corrected chi connectivity index (χ1v) is 12.1. The van der Waals surface area contributed by atoms with Crippen molar-refractivity contribution in [2.45, 2.75) is 59.0 Å². The van der Waals surface area contributed by atoms with E-state index >= 15 is 0 Å². The van der Waals surface area contributed by atoms with Crippen LogP contribution < -0.4 is 10.2 Å². The molecule has 5 nitrogen and oxygen atoms in total. The Labute approximate surface area is 201 Å². The van der Waals surface area contributed by atoms with Crippen LogP contribution in [-0.2, 0) is 4.79 Å². The number of carbonyl (C=O) groups excluding carboxylic acids is 1. The van der Waals surface area contributed by atoms with Gasteiger partial charge in [0.15, 0.2) is 5.78 Å². The fraction of sp³-hybridized carbons (Fsp3) is 0.379. The zero-order chi connectivity index (χ0) is 24.0. The van der Waals surface area contributed by atoms with Crippen molar-refractivity contribution in [3.8, 4) is 0 Å². The number of imidazole rings is 1. The molecule has 0 unspecified atom stereocenters. The number of fused-ring (bicyclic) bond motifs is 4. The number of rotatable bonds is 1. The van der Waals surface area contributed by atoms with Crippen LogP contribution in [-0.4, -0.2) is 27.9 Å². The molecule has 3 aromatic rings. The largest absolute Gasteiger partial charge is 0.366 e. The van der Waals surface area contributed by atoms with Crippen molar-refractivity contribution in [3.63, 3.8) is 0 Å². The molecule has 2 aliphatic heterocycles. The highest BCUT2D eigenvalue weighted by atomic mass is 16.1. The topological polar surface area (TPSA) is 50.2 Å². The number of Topliss-reactive ketones (excluding diaryl/α,β-unsaturated/α-hetero) is 1. The van der Waals surface area contributed by atoms with Crippen molar-refractivity contribution in [2.24, 2.45) is 5.41 Å². The number of benzene rings is 2. The molecule has 0 bridgehead atoms. The van der Waals surface area contributed by atoms with E-state index in [2.05, 4.69) is 86.8 Å². The van der Waals surface area contributed by atoms with E-state index in [4.69, 9.17) is 4.98 Å². The molecule has 3 heterocycles. The van der Waals surface area contributed by atoms with E-state index in [1.165, 1.54) is 16.8 Å². The van der Waals surface area contributed by atoms with Crippen LogP contribution in [0.1, 0.15) is 64.6 Å². The number of hydrogen-bond acceptors (Lipinski definition) is 4. The van der Waals surface area contributed by atoms with Crippen LogP contribution in [0.4, 0.5) is 11.6 Å². The number of nitrogens with zero attached hydrogens (tertiary/aromatic N) is 3. The Kier molecular flexibility index (Phi) is 4.27. The zero-order valence-corrected chi connectivity index (χ0v) is 20.9. The summed E-state index contributed by atoms with van der Waals surface area (Å²) in [5, 5.41) is 3.55. The molecule has 5 heteroatoms. The maximum atomic E-state index is 13.6. The van der Waals surface area contributed by atoms with Gasteiger partial charge in [-0.15, -0.1) is 0 Å². The third-order valence-electron chi connectivity index (χ3n) is 7.87. The fourth-order valence-electron chi connectivity index (χ4n) is 6.08. The van der Waals surface area contributed by atoms with Crippen LogP contribution in [0.2, 0.25) is 0 Å². The van der Waals surface area contributed by atoms with E-state index in [1.807, 2.05) is 18.2 Å². The lowest BCUT2D eigenvalue weighted by molar-refractivity contribution is -0.118. The minimum absolute atomic E-state index is 0.0400. The molecule has 174 valence electrons. The van der Waals surface area contributed by atoms with Gasteiger partial charge in [0, 0.05) is 36.0 Å². The zero-order valence-electron chi connectivity index (χ0n) is 20.9. The molecule has 0 saturated carbocycles. The van der Waals surface area contributed by atoms with Crippen LogP contribution >= 0.6 is 0 Å². The summed E-state index contributed by atoms with van der Waals surface area (Å²) in [5.41, 5.74) is 8.66. The molecule has 0 radical (unpaired) electrons. The molecule has 3 aliphatic rings. The molecule has 0 amide bonds. The van der Waals surface area contributed by atoms with Gasteiger partial charge in [-0.25, -0.2) is 4.98 Å². The second-order valence-corrected chi connectivity index (χ2v) is 11.5. The Bertz CT molecular complexity index is 1440. The summed E-state index contributed by atoms with van der Waals surface area (Å²) >= 11 is 0. The number of hydrogen-bond donors (Lipinski definition) is 1. The van der Waals surface area contributed by atoms with Crippen LogP contribution in [0.15, 0.2) is 59.8 Å². The number of carbonyl (C=O) groups is 1. The average molecular weight is 453 g/mol. The first-order chi connectivity index (χ1) is 16.1. The molecule has 1 aliphatic carbocycles. The maximum Gasteiger partial charge on any atom is 0.209 e. The normalized spacial score (nSPS) is 22.6. The molecule has 0 saturated heterocycles. The molecule has 0 fully saturated rings. The minimum atomic E-state index is -0.194. The summed E-state index contributed by atoms with van der Waals surface area (Å²) in [6.45, 7) is 11.0. The number of allylic oxidation sites excluding steroid dienone is 3. The monoisotopic (exact) mass is 452 g/mol. The van der Waals surface area contributed by atoms with E-state index in [9.17, 15) is 4.79 Å². The Morgan fingerprint density at radius 1 is 1.06 bits per heavy atom. The lowest BCUT2D eigenvalue weighted by Crippen LogP contribution is -2.42. The molecule has 1 N–H and O–H groups in total. The summed E-state index contributed by atoms with van der Waals surface area (Å²) < 4.78 is 2.22. The van der Waals surface area contributed by atoms with Crippen LogP contribution in [0.25, 0.3) is 16.6 Å². The summed E-state index contributed by atoms with van der Waals surface area (Å²) in [5.74, 6) is 1.05. The highest BCUT2D eigenvalue weighted by Gasteiger charge is 2.42. The number of para-hydroxylation sites is 2. The standard InChI is InChI=1S/C29H32N4O/c1-17-14-29(4,5)32(6)22-12-11-18(13-19(17)22)26-25-21(15-28(2,3)16-24(25)34)31-27-30-20-9-7-8-10-23(20)33(26)27/h7-14,26H,15-16H2,1-6H3,(H,30,31)/t26-/m0/s1. The quantitative estimate of drug-likeness (QED) is 0.469. The third-order valence-corrected chi connectivity index (χ3v) is 7.87. The number of likely N-dealkylation sites (N-methyl/N-ethyl adjacent to an activating group) is 1. The number of aromatic nitrogens is 2. The predicted octanol–water partition coefficient (Wildman–Crippen LogP) is 6.33. The molecule has 0 spiro atoms. The first-order valence-electron chi connectivity index (χ1n) is 12.1. The molecule has 34 heavy (non-hydrogen) atoms. The van der Waals surface area contributed by atoms with Gasteiger partial charge in [0.05, 0.1) is 22.6 Å². The Morgan fingerprint density at radius 2 is 1.82 bits per heavy atom. The summed E-state index contributed by atoms with van der Waals surface area (Å²) in [6.07, 6.45) is 3.74. The molecule has 2 aromatic carbocycles. The second-order valence-electron chi connectivity index (χ2n) is 11.5. The van der Waals surface area contributed by atoms with Gasteiger partial charge in [-0.3, -0.25) is 9.36 Å². The van der Waals surface area contributed by atoms with Gasteiger partial charge in [-0.05, 0) is 68.0 Å². The van der Waals surface area contributed by atoms with Crippen molar-refractivity contribution < 1.29 is 4.79 Å². The van der Waals surface area contributed by atoms with E-state index in [-0.39, 0.29) is 22.8 Å². The van der Waals surface area contributed by atoms with Gasteiger partial charge in [-0.1, -0.05) is 38.1 Å². The number of ketones is 1. The molecule has 6 rings (SSSR count). The predicted molar refractivity (Wildman–Crippen MR) is 139 cm³/mol.